The molecule has 4 rings (SSSR count). The standard InChI is InChI=1S/C28H32Cl2N2O8/c1-3-39-14-23(35)32(12-16-4-5-17(29)10-20(16)30)21-11-19(28(37)31-6-7-33)24-18-8-15(13-34)9-22(38-2)26(18)40-27(24)25(21)36/h4-5,8-11,21,24-25,27,33-34,36H,3,6-7,12-14H2,1-2H3,(H,31,37)/t21-,24+,25+,27+/m1/s1. The van der Waals surface area contributed by atoms with Gasteiger partial charge in [-0.25, -0.2) is 0 Å². The molecule has 12 heteroatoms. The highest BCUT2D eigenvalue weighted by atomic mass is 35.5. The summed E-state index contributed by atoms with van der Waals surface area (Å²) in [6, 6.07) is 7.21. The molecular weight excluding hydrogens is 563 g/mol. The Balaban J connectivity index is 1.82. The third-order valence-corrected chi connectivity index (χ3v) is 7.55. The van der Waals surface area contributed by atoms with Crippen molar-refractivity contribution in [2.75, 3.05) is 33.5 Å². The lowest BCUT2D eigenvalue weighted by Gasteiger charge is -2.40. The van der Waals surface area contributed by atoms with E-state index < -0.39 is 36.0 Å². The second-order valence-corrected chi connectivity index (χ2v) is 10.3. The number of halogens is 2. The van der Waals surface area contributed by atoms with Crippen LogP contribution in [-0.2, 0) is 27.5 Å². The van der Waals surface area contributed by atoms with E-state index in [1.54, 1.807) is 43.3 Å². The monoisotopic (exact) mass is 594 g/mol. The Morgan fingerprint density at radius 3 is 2.60 bits per heavy atom. The van der Waals surface area contributed by atoms with E-state index in [1.807, 2.05) is 0 Å². The Morgan fingerprint density at radius 1 is 1.18 bits per heavy atom. The van der Waals surface area contributed by atoms with E-state index in [2.05, 4.69) is 5.32 Å². The lowest BCUT2D eigenvalue weighted by Crippen LogP contribution is -2.56. The number of nitrogens with zero attached hydrogens (tertiary/aromatic N) is 1. The van der Waals surface area contributed by atoms with E-state index in [-0.39, 0.29) is 38.5 Å². The first-order valence-electron chi connectivity index (χ1n) is 12.8. The van der Waals surface area contributed by atoms with E-state index in [4.69, 9.17) is 37.4 Å². The fourth-order valence-corrected chi connectivity index (χ4v) is 5.55. The molecule has 0 saturated heterocycles. The minimum atomic E-state index is -1.27. The van der Waals surface area contributed by atoms with Gasteiger partial charge in [-0.05, 0) is 48.4 Å². The first-order valence-corrected chi connectivity index (χ1v) is 13.6. The first-order chi connectivity index (χ1) is 19.2. The number of ether oxygens (including phenoxy) is 3. The Hall–Kier alpha value is -2.86. The maximum absolute atomic E-state index is 13.4. The molecule has 1 aliphatic heterocycles. The van der Waals surface area contributed by atoms with Gasteiger partial charge in [0.2, 0.25) is 11.8 Å². The molecule has 0 radical (unpaired) electrons. The third-order valence-electron chi connectivity index (χ3n) is 6.96. The molecule has 4 N–H and O–H groups in total. The zero-order chi connectivity index (χ0) is 29.0. The summed E-state index contributed by atoms with van der Waals surface area (Å²) in [7, 11) is 1.45. The highest BCUT2D eigenvalue weighted by Crippen LogP contribution is 2.51. The van der Waals surface area contributed by atoms with Gasteiger partial charge in [0, 0.05) is 40.9 Å². The Kier molecular flexibility index (Phi) is 9.94. The van der Waals surface area contributed by atoms with Crippen molar-refractivity contribution in [3.05, 3.63) is 68.7 Å². The van der Waals surface area contributed by atoms with Crippen molar-refractivity contribution >= 4 is 35.0 Å². The number of carbonyl (C=O) groups excluding carboxylic acids is 2. The summed E-state index contributed by atoms with van der Waals surface area (Å²) in [5, 5.41) is 34.2. The van der Waals surface area contributed by atoms with Crippen molar-refractivity contribution in [3.8, 4) is 11.5 Å². The summed E-state index contributed by atoms with van der Waals surface area (Å²) in [6.45, 7) is 1.25. The molecule has 2 aromatic rings. The van der Waals surface area contributed by atoms with Gasteiger partial charge in [0.1, 0.15) is 18.8 Å². The number of hydrogen-bond acceptors (Lipinski definition) is 8. The van der Waals surface area contributed by atoms with Gasteiger partial charge in [0.05, 0.1) is 32.3 Å². The molecule has 10 nitrogen and oxygen atoms in total. The zero-order valence-electron chi connectivity index (χ0n) is 22.1. The molecule has 0 spiro atoms. The van der Waals surface area contributed by atoms with Crippen molar-refractivity contribution < 1.29 is 39.1 Å². The number of amides is 2. The van der Waals surface area contributed by atoms with E-state index in [9.17, 15) is 24.9 Å². The fourth-order valence-electron chi connectivity index (χ4n) is 5.08. The summed E-state index contributed by atoms with van der Waals surface area (Å²) in [5.74, 6) is -0.983. The lowest BCUT2D eigenvalue weighted by atomic mass is 9.77. The Bertz CT molecular complexity index is 1290. The van der Waals surface area contributed by atoms with Crippen LogP contribution < -0.4 is 14.8 Å². The molecule has 0 aromatic heterocycles. The van der Waals surface area contributed by atoms with Crippen LogP contribution in [0.2, 0.25) is 10.0 Å². The number of nitrogens with one attached hydrogen (secondary N) is 1. The molecule has 2 amide bonds. The molecule has 216 valence electrons. The molecule has 2 aliphatic rings. The van der Waals surface area contributed by atoms with Crippen LogP contribution in [0, 0.1) is 0 Å². The normalized spacial score (nSPS) is 21.1. The summed E-state index contributed by atoms with van der Waals surface area (Å²) < 4.78 is 17.1. The molecule has 2 aromatic carbocycles. The molecule has 40 heavy (non-hydrogen) atoms. The predicted molar refractivity (Wildman–Crippen MR) is 148 cm³/mol. The molecule has 0 bridgehead atoms. The van der Waals surface area contributed by atoms with E-state index in [0.29, 0.717) is 44.8 Å². The van der Waals surface area contributed by atoms with Crippen molar-refractivity contribution in [3.63, 3.8) is 0 Å². The first kappa shape index (κ1) is 30.1. The number of benzene rings is 2. The number of carbonyl (C=O) groups is 2. The largest absolute Gasteiger partial charge is 0.493 e. The number of fused-ring (bicyclic) bond motifs is 3. The Labute approximate surface area is 242 Å². The summed E-state index contributed by atoms with van der Waals surface area (Å²) in [6.07, 6.45) is -0.695. The zero-order valence-corrected chi connectivity index (χ0v) is 23.6. The minimum Gasteiger partial charge on any atom is -0.493 e. The van der Waals surface area contributed by atoms with Crippen molar-refractivity contribution in [1.82, 2.24) is 10.2 Å². The van der Waals surface area contributed by atoms with Gasteiger partial charge >= 0.3 is 0 Å². The number of aliphatic hydroxyl groups excluding tert-OH is 3. The van der Waals surface area contributed by atoms with Crippen LogP contribution in [-0.4, -0.2) is 83.8 Å². The molecule has 0 fully saturated rings. The quantitative estimate of drug-likeness (QED) is 0.310. The van der Waals surface area contributed by atoms with Crippen LogP contribution in [0.4, 0.5) is 0 Å². The maximum Gasteiger partial charge on any atom is 0.249 e. The number of methoxy groups -OCH3 is 1. The summed E-state index contributed by atoms with van der Waals surface area (Å²) >= 11 is 12.5. The maximum atomic E-state index is 13.4. The van der Waals surface area contributed by atoms with Crippen LogP contribution in [0.25, 0.3) is 0 Å². The molecule has 1 aliphatic carbocycles. The molecular formula is C28H32Cl2N2O8. The predicted octanol–water partition coefficient (Wildman–Crippen LogP) is 2.18. The van der Waals surface area contributed by atoms with Crippen molar-refractivity contribution in [1.29, 1.82) is 0 Å². The van der Waals surface area contributed by atoms with E-state index in [0.717, 1.165) is 0 Å². The average Bonchev–Trinajstić information content (AvgIpc) is 3.34. The minimum absolute atomic E-state index is 0.00185. The fraction of sp³-hybridized carbons (Fsp3) is 0.429. The number of rotatable bonds is 11. The summed E-state index contributed by atoms with van der Waals surface area (Å²) in [5.41, 5.74) is 1.91. The average molecular weight is 595 g/mol. The van der Waals surface area contributed by atoms with Crippen molar-refractivity contribution in [2.24, 2.45) is 0 Å². The van der Waals surface area contributed by atoms with Crippen molar-refractivity contribution in [2.45, 2.75) is 44.2 Å². The van der Waals surface area contributed by atoms with Gasteiger partial charge in [0.15, 0.2) is 11.5 Å². The molecule has 0 saturated carbocycles. The molecule has 1 heterocycles. The van der Waals surface area contributed by atoms with Crippen LogP contribution in [0.3, 0.4) is 0 Å². The second-order valence-electron chi connectivity index (χ2n) is 9.41. The molecule has 0 unspecified atom stereocenters. The van der Waals surface area contributed by atoms with E-state index in [1.165, 1.54) is 12.0 Å². The van der Waals surface area contributed by atoms with Gasteiger partial charge in [-0.1, -0.05) is 29.3 Å². The molecule has 4 atom stereocenters. The van der Waals surface area contributed by atoms with Gasteiger partial charge in [-0.2, -0.15) is 0 Å². The summed E-state index contributed by atoms with van der Waals surface area (Å²) in [4.78, 5) is 28.3. The smallest absolute Gasteiger partial charge is 0.249 e. The van der Waals surface area contributed by atoms with Gasteiger partial charge in [-0.15, -0.1) is 0 Å². The van der Waals surface area contributed by atoms with Crippen LogP contribution in [0.1, 0.15) is 29.5 Å². The highest BCUT2D eigenvalue weighted by molar-refractivity contribution is 6.35. The number of hydrogen-bond donors (Lipinski definition) is 4. The van der Waals surface area contributed by atoms with Gasteiger partial charge < -0.3 is 39.7 Å². The van der Waals surface area contributed by atoms with Gasteiger partial charge in [0.25, 0.3) is 0 Å². The van der Waals surface area contributed by atoms with Crippen LogP contribution in [0.15, 0.2) is 42.0 Å². The van der Waals surface area contributed by atoms with Crippen LogP contribution in [0.5, 0.6) is 11.5 Å². The van der Waals surface area contributed by atoms with Gasteiger partial charge in [-0.3, -0.25) is 9.59 Å². The second kappa shape index (κ2) is 13.2. The van der Waals surface area contributed by atoms with E-state index >= 15 is 0 Å². The van der Waals surface area contributed by atoms with Crippen LogP contribution >= 0.6 is 23.2 Å². The third kappa shape index (κ3) is 6.07. The topological polar surface area (TPSA) is 138 Å². The SMILES string of the molecule is CCOCC(=O)N(Cc1ccc(Cl)cc1Cl)[C@@H]1C=C(C(=O)NCCO)[C@@H]2c3cc(CO)cc(OC)c3O[C@@H]2[C@H]1O. The highest BCUT2D eigenvalue weighted by Gasteiger charge is 2.51. The number of aliphatic hydroxyl groups is 3. The Morgan fingerprint density at radius 2 is 1.95 bits per heavy atom. The lowest BCUT2D eigenvalue weighted by molar-refractivity contribution is -0.142.